The number of esters is 1. The molecule has 2 heteroatoms. The average molecular weight is 228 g/mol. The Hall–Kier alpha value is -0.530. The van der Waals surface area contributed by atoms with Crippen molar-refractivity contribution < 1.29 is 9.53 Å². The summed E-state index contributed by atoms with van der Waals surface area (Å²) < 4.78 is 4.71. The van der Waals surface area contributed by atoms with E-state index < -0.39 is 0 Å². The molecule has 0 spiro atoms. The van der Waals surface area contributed by atoms with E-state index in [9.17, 15) is 4.79 Å². The van der Waals surface area contributed by atoms with Gasteiger partial charge in [0, 0.05) is 6.42 Å². The summed E-state index contributed by atoms with van der Waals surface area (Å²) in [4.78, 5) is 11.2. The van der Waals surface area contributed by atoms with Crippen molar-refractivity contribution in [1.29, 1.82) is 0 Å². The lowest BCUT2D eigenvalue weighted by atomic mass is 9.70. The second-order valence-corrected chi connectivity index (χ2v) is 6.37. The third-order valence-electron chi connectivity index (χ3n) is 2.97. The first-order valence-corrected chi connectivity index (χ1v) is 6.29. The van der Waals surface area contributed by atoms with Gasteiger partial charge in [-0.1, -0.05) is 41.0 Å². The molecule has 0 aromatic carbocycles. The molecule has 0 radical (unpaired) electrons. The van der Waals surface area contributed by atoms with Gasteiger partial charge in [-0.2, -0.15) is 0 Å². The van der Waals surface area contributed by atoms with Crippen molar-refractivity contribution in [3.8, 4) is 0 Å². The second-order valence-electron chi connectivity index (χ2n) is 6.37. The van der Waals surface area contributed by atoms with E-state index >= 15 is 0 Å². The summed E-state index contributed by atoms with van der Waals surface area (Å²) in [6, 6.07) is 0. The Morgan fingerprint density at radius 1 is 1.12 bits per heavy atom. The molecule has 0 aliphatic heterocycles. The van der Waals surface area contributed by atoms with E-state index in [2.05, 4.69) is 34.6 Å². The van der Waals surface area contributed by atoms with Gasteiger partial charge in [-0.15, -0.1) is 0 Å². The molecule has 0 fully saturated rings. The maximum Gasteiger partial charge on any atom is 0.305 e. The highest BCUT2D eigenvalue weighted by molar-refractivity contribution is 5.69. The van der Waals surface area contributed by atoms with Crippen molar-refractivity contribution in [1.82, 2.24) is 0 Å². The van der Waals surface area contributed by atoms with Gasteiger partial charge in [0.2, 0.25) is 0 Å². The minimum Gasteiger partial charge on any atom is -0.469 e. The van der Waals surface area contributed by atoms with Crippen LogP contribution in [-0.4, -0.2) is 13.1 Å². The quantitative estimate of drug-likeness (QED) is 0.637. The summed E-state index contributed by atoms with van der Waals surface area (Å²) in [5.74, 6) is -0.0868. The van der Waals surface area contributed by atoms with Crippen LogP contribution in [0.5, 0.6) is 0 Å². The van der Waals surface area contributed by atoms with E-state index in [1.165, 1.54) is 20.0 Å². The number of hydrogen-bond acceptors (Lipinski definition) is 2. The average Bonchev–Trinajstić information content (AvgIpc) is 2.11. The van der Waals surface area contributed by atoms with Crippen LogP contribution in [0.2, 0.25) is 0 Å². The van der Waals surface area contributed by atoms with Crippen LogP contribution in [0.15, 0.2) is 0 Å². The Morgan fingerprint density at radius 3 is 2.06 bits per heavy atom. The highest BCUT2D eigenvalue weighted by Crippen LogP contribution is 2.40. The smallest absolute Gasteiger partial charge is 0.305 e. The molecule has 0 bridgehead atoms. The molecule has 2 nitrogen and oxygen atoms in total. The van der Waals surface area contributed by atoms with E-state index in [1.807, 2.05) is 0 Å². The van der Waals surface area contributed by atoms with Crippen molar-refractivity contribution in [2.75, 3.05) is 7.11 Å². The highest BCUT2D eigenvalue weighted by atomic mass is 16.5. The summed E-state index contributed by atoms with van der Waals surface area (Å²) in [5, 5.41) is 0. The number of methoxy groups -OCH3 is 1. The molecule has 16 heavy (non-hydrogen) atoms. The number of rotatable bonds is 6. The van der Waals surface area contributed by atoms with Crippen LogP contribution in [0.1, 0.15) is 66.7 Å². The monoisotopic (exact) mass is 228 g/mol. The fourth-order valence-electron chi connectivity index (χ4n) is 2.69. The van der Waals surface area contributed by atoms with Crippen LogP contribution >= 0.6 is 0 Å². The van der Waals surface area contributed by atoms with Crippen molar-refractivity contribution in [3.63, 3.8) is 0 Å². The maximum atomic E-state index is 11.2. The van der Waals surface area contributed by atoms with Crippen LogP contribution in [0, 0.1) is 10.8 Å². The first kappa shape index (κ1) is 15.5. The van der Waals surface area contributed by atoms with Gasteiger partial charge in [-0.25, -0.2) is 0 Å². The molecular weight excluding hydrogens is 200 g/mol. The fraction of sp³-hybridized carbons (Fsp3) is 0.929. The first-order valence-electron chi connectivity index (χ1n) is 6.29. The third-order valence-corrected chi connectivity index (χ3v) is 2.97. The Labute approximate surface area is 101 Å². The summed E-state index contributed by atoms with van der Waals surface area (Å²) in [7, 11) is 1.46. The Bertz CT molecular complexity index is 215. The van der Waals surface area contributed by atoms with Gasteiger partial charge in [0.15, 0.2) is 0 Å². The first-order chi connectivity index (χ1) is 7.22. The third kappa shape index (κ3) is 6.86. The molecule has 0 amide bonds. The van der Waals surface area contributed by atoms with Gasteiger partial charge in [0.1, 0.15) is 0 Å². The number of carbonyl (C=O) groups is 1. The van der Waals surface area contributed by atoms with Crippen LogP contribution in [0.4, 0.5) is 0 Å². The van der Waals surface area contributed by atoms with E-state index in [0.717, 1.165) is 12.8 Å². The van der Waals surface area contributed by atoms with Gasteiger partial charge in [0.25, 0.3) is 0 Å². The molecule has 1 atom stereocenters. The molecule has 0 saturated carbocycles. The molecule has 0 aliphatic rings. The molecule has 1 unspecified atom stereocenters. The molecule has 0 heterocycles. The largest absolute Gasteiger partial charge is 0.469 e. The standard InChI is InChI=1S/C14H28O2/c1-7-9-14(5,11-13(2,3)4)10-8-12(15)16-6/h7-11H2,1-6H3. The number of hydrogen-bond donors (Lipinski definition) is 0. The topological polar surface area (TPSA) is 26.3 Å². The van der Waals surface area contributed by atoms with Crippen LogP contribution in [-0.2, 0) is 9.53 Å². The predicted molar refractivity (Wildman–Crippen MR) is 68.3 cm³/mol. The van der Waals surface area contributed by atoms with Crippen molar-refractivity contribution in [3.05, 3.63) is 0 Å². The SMILES string of the molecule is CCCC(C)(CCC(=O)OC)CC(C)(C)C. The van der Waals surface area contributed by atoms with Crippen LogP contribution in [0.25, 0.3) is 0 Å². The zero-order valence-electron chi connectivity index (χ0n) is 11.9. The van der Waals surface area contributed by atoms with E-state index in [4.69, 9.17) is 4.74 Å². The minimum absolute atomic E-state index is 0.0868. The number of ether oxygens (including phenoxy) is 1. The fourth-order valence-corrected chi connectivity index (χ4v) is 2.69. The Kier molecular flexibility index (Phi) is 6.06. The minimum atomic E-state index is -0.0868. The van der Waals surface area contributed by atoms with Crippen LogP contribution in [0.3, 0.4) is 0 Å². The molecule has 0 aliphatic carbocycles. The van der Waals surface area contributed by atoms with Crippen molar-refractivity contribution in [2.45, 2.75) is 66.7 Å². The molecular formula is C14H28O2. The highest BCUT2D eigenvalue weighted by Gasteiger charge is 2.29. The molecule has 0 rings (SSSR count). The summed E-state index contributed by atoms with van der Waals surface area (Å²) >= 11 is 0. The van der Waals surface area contributed by atoms with Crippen LogP contribution < -0.4 is 0 Å². The van der Waals surface area contributed by atoms with E-state index in [-0.39, 0.29) is 11.4 Å². The normalized spacial score (nSPS) is 15.6. The Morgan fingerprint density at radius 2 is 1.69 bits per heavy atom. The molecule has 0 aromatic rings. The molecule has 0 saturated heterocycles. The second kappa shape index (κ2) is 6.27. The molecule has 0 N–H and O–H groups in total. The predicted octanol–water partition coefficient (Wildman–Crippen LogP) is 4.18. The molecule has 0 aromatic heterocycles. The van der Waals surface area contributed by atoms with Gasteiger partial charge in [-0.05, 0) is 30.1 Å². The van der Waals surface area contributed by atoms with Gasteiger partial charge in [-0.3, -0.25) is 4.79 Å². The summed E-state index contributed by atoms with van der Waals surface area (Å²) in [5.41, 5.74) is 0.585. The lowest BCUT2D eigenvalue weighted by Gasteiger charge is -2.35. The van der Waals surface area contributed by atoms with Crippen molar-refractivity contribution >= 4 is 5.97 Å². The van der Waals surface area contributed by atoms with Gasteiger partial charge >= 0.3 is 5.97 Å². The zero-order valence-corrected chi connectivity index (χ0v) is 11.9. The van der Waals surface area contributed by atoms with E-state index in [0.29, 0.717) is 11.8 Å². The zero-order chi connectivity index (χ0) is 12.8. The Balaban J connectivity index is 4.38. The number of carbonyl (C=O) groups excluding carboxylic acids is 1. The van der Waals surface area contributed by atoms with Crippen molar-refractivity contribution in [2.24, 2.45) is 10.8 Å². The lowest BCUT2D eigenvalue weighted by molar-refractivity contribution is -0.141. The maximum absolute atomic E-state index is 11.2. The van der Waals surface area contributed by atoms with Gasteiger partial charge < -0.3 is 4.74 Å². The molecule has 96 valence electrons. The summed E-state index contributed by atoms with van der Waals surface area (Å²) in [6.45, 7) is 11.3. The van der Waals surface area contributed by atoms with E-state index in [1.54, 1.807) is 0 Å². The van der Waals surface area contributed by atoms with Gasteiger partial charge in [0.05, 0.1) is 7.11 Å². The summed E-state index contributed by atoms with van der Waals surface area (Å²) in [6.07, 6.45) is 4.99. The lowest BCUT2D eigenvalue weighted by Crippen LogP contribution is -2.25.